The second kappa shape index (κ2) is 4.59. The molecule has 1 aliphatic rings. The highest BCUT2D eigenvalue weighted by atomic mass is 16.7. The van der Waals surface area contributed by atoms with Gasteiger partial charge in [-0.3, -0.25) is 0 Å². The lowest BCUT2D eigenvalue weighted by atomic mass is 9.98. The van der Waals surface area contributed by atoms with E-state index in [0.29, 0.717) is 0 Å². The maximum absolute atomic E-state index is 9.57. The van der Waals surface area contributed by atoms with Gasteiger partial charge in [-0.25, -0.2) is 0 Å². The van der Waals surface area contributed by atoms with Crippen molar-refractivity contribution >= 4 is 0 Å². The third-order valence-electron chi connectivity index (χ3n) is 2.23. The van der Waals surface area contributed by atoms with Gasteiger partial charge < -0.3 is 19.7 Å². The predicted octanol–water partition coefficient (Wildman–Crippen LogP) is -0.222. The minimum Gasteiger partial charge on any atom is -0.390 e. The Morgan fingerprint density at radius 2 is 2.07 bits per heavy atom. The molecule has 0 saturated carbocycles. The molecule has 2 N–H and O–H groups in total. The second-order valence-corrected chi connectivity index (χ2v) is 3.12. The van der Waals surface area contributed by atoms with E-state index >= 15 is 0 Å². The van der Waals surface area contributed by atoms with Crippen LogP contribution >= 0.6 is 0 Å². The molecule has 1 heterocycles. The van der Waals surface area contributed by atoms with Crippen molar-refractivity contribution < 1.29 is 19.7 Å². The minimum atomic E-state index is -1.20. The molecule has 1 unspecified atom stereocenters. The molecule has 0 bridgehead atoms. The number of aliphatic hydroxyl groups excluding tert-OH is 2. The third kappa shape index (κ3) is 1.97. The van der Waals surface area contributed by atoms with Crippen molar-refractivity contribution in [1.29, 1.82) is 0 Å². The normalized spacial score (nSPS) is 43.0. The van der Waals surface area contributed by atoms with Crippen LogP contribution in [0.4, 0.5) is 0 Å². The minimum absolute atomic E-state index is 0.491. The first-order chi connectivity index (χ1) is 6.61. The van der Waals surface area contributed by atoms with Crippen molar-refractivity contribution in [3.8, 4) is 0 Å². The zero-order valence-corrected chi connectivity index (χ0v) is 7.94. The molecule has 0 aromatic carbocycles. The number of rotatable bonds is 2. The van der Waals surface area contributed by atoms with Gasteiger partial charge in [0, 0.05) is 12.0 Å². The summed E-state index contributed by atoms with van der Waals surface area (Å²) in [6.45, 7) is 1.64. The molecule has 1 aliphatic heterocycles. The van der Waals surface area contributed by atoms with Gasteiger partial charge in [-0.2, -0.15) is 0 Å². The van der Waals surface area contributed by atoms with Crippen molar-refractivity contribution in [2.45, 2.75) is 37.6 Å². The summed E-state index contributed by atoms with van der Waals surface area (Å²) in [5, 5.41) is 22.4. The Morgan fingerprint density at radius 1 is 1.43 bits per heavy atom. The zero-order valence-electron chi connectivity index (χ0n) is 7.94. The van der Waals surface area contributed by atoms with Crippen LogP contribution < -0.4 is 0 Å². The van der Waals surface area contributed by atoms with Gasteiger partial charge in [0.2, 0.25) is 0 Å². The highest BCUT2D eigenvalue weighted by Crippen LogP contribution is 2.23. The summed E-state index contributed by atoms with van der Waals surface area (Å²) in [7, 11) is 1.36. The van der Waals surface area contributed by atoms with E-state index in [1.807, 2.05) is 0 Å². The van der Waals surface area contributed by atoms with E-state index in [2.05, 4.69) is 10.0 Å². The van der Waals surface area contributed by atoms with E-state index in [1.165, 1.54) is 7.11 Å². The van der Waals surface area contributed by atoms with Gasteiger partial charge in [0.1, 0.15) is 6.10 Å². The van der Waals surface area contributed by atoms with Crippen molar-refractivity contribution in [2.75, 3.05) is 7.11 Å². The maximum Gasteiger partial charge on any atom is 0.185 e. The molecule has 14 heavy (non-hydrogen) atoms. The Labute approximate surface area is 80.9 Å². The molecule has 1 saturated heterocycles. The van der Waals surface area contributed by atoms with Gasteiger partial charge in [0.05, 0.1) is 18.2 Å². The number of ether oxygens (including phenoxy) is 2. The molecule has 7 heteroatoms. The van der Waals surface area contributed by atoms with Crippen LogP contribution in [0.25, 0.3) is 10.4 Å². The molecular formula is C7H13N3O4. The number of aliphatic hydroxyl groups is 2. The molecule has 1 fully saturated rings. The fourth-order valence-corrected chi connectivity index (χ4v) is 1.43. The summed E-state index contributed by atoms with van der Waals surface area (Å²) >= 11 is 0. The molecule has 0 amide bonds. The van der Waals surface area contributed by atoms with Crippen LogP contribution in [0.3, 0.4) is 0 Å². The molecule has 5 atom stereocenters. The number of hydrogen-bond donors (Lipinski definition) is 2. The topological polar surface area (TPSA) is 108 Å². The zero-order chi connectivity index (χ0) is 10.7. The molecule has 0 aliphatic carbocycles. The summed E-state index contributed by atoms with van der Waals surface area (Å²) < 4.78 is 9.99. The smallest absolute Gasteiger partial charge is 0.185 e. The second-order valence-electron chi connectivity index (χ2n) is 3.12. The van der Waals surface area contributed by atoms with Crippen molar-refractivity contribution in [1.82, 2.24) is 0 Å². The van der Waals surface area contributed by atoms with E-state index < -0.39 is 30.6 Å². The van der Waals surface area contributed by atoms with E-state index in [1.54, 1.807) is 6.92 Å². The van der Waals surface area contributed by atoms with E-state index in [0.717, 1.165) is 0 Å². The Hall–Kier alpha value is -0.850. The number of azide groups is 1. The first-order valence-electron chi connectivity index (χ1n) is 4.20. The van der Waals surface area contributed by atoms with Crippen LogP contribution in [0.2, 0.25) is 0 Å². The first-order valence-corrected chi connectivity index (χ1v) is 4.20. The van der Waals surface area contributed by atoms with Crippen LogP contribution in [0.5, 0.6) is 0 Å². The van der Waals surface area contributed by atoms with Crippen molar-refractivity contribution in [3.05, 3.63) is 10.4 Å². The molecule has 0 spiro atoms. The lowest BCUT2D eigenvalue weighted by molar-refractivity contribution is -0.260. The average molecular weight is 203 g/mol. The van der Waals surface area contributed by atoms with Crippen LogP contribution in [0.1, 0.15) is 6.92 Å². The van der Waals surface area contributed by atoms with Gasteiger partial charge in [-0.05, 0) is 12.5 Å². The third-order valence-corrected chi connectivity index (χ3v) is 2.23. The summed E-state index contributed by atoms with van der Waals surface area (Å²) in [5.41, 5.74) is 8.24. The highest BCUT2D eigenvalue weighted by molar-refractivity contribution is 4.92. The van der Waals surface area contributed by atoms with Crippen molar-refractivity contribution in [3.63, 3.8) is 0 Å². The number of hydrogen-bond acceptors (Lipinski definition) is 5. The fourth-order valence-electron chi connectivity index (χ4n) is 1.43. The van der Waals surface area contributed by atoms with Gasteiger partial charge in [-0.15, -0.1) is 0 Å². The average Bonchev–Trinajstić information content (AvgIpc) is 2.18. The summed E-state index contributed by atoms with van der Waals surface area (Å²) in [5.74, 6) is 0. The Bertz CT molecular complexity index is 243. The van der Waals surface area contributed by atoms with E-state index in [9.17, 15) is 10.2 Å². The van der Waals surface area contributed by atoms with Crippen LogP contribution in [-0.4, -0.2) is 48.0 Å². The number of nitrogens with zero attached hydrogens (tertiary/aromatic N) is 3. The quantitative estimate of drug-likeness (QED) is 0.367. The van der Waals surface area contributed by atoms with E-state index in [4.69, 9.17) is 15.0 Å². The number of methoxy groups -OCH3 is 1. The van der Waals surface area contributed by atoms with Gasteiger partial charge in [-0.1, -0.05) is 5.11 Å². The summed E-state index contributed by atoms with van der Waals surface area (Å²) in [6.07, 6.45) is -3.74. The van der Waals surface area contributed by atoms with Gasteiger partial charge >= 0.3 is 0 Å². The Morgan fingerprint density at radius 3 is 2.57 bits per heavy atom. The SMILES string of the molecule is COC1O[C@H](C)[C@@H](N=[N+]=[N-])[C@H](O)[C@@H]1O. The highest BCUT2D eigenvalue weighted by Gasteiger charge is 2.42. The van der Waals surface area contributed by atoms with Crippen LogP contribution in [0.15, 0.2) is 5.11 Å². The lowest BCUT2D eigenvalue weighted by Crippen LogP contribution is -2.56. The molecular weight excluding hydrogens is 190 g/mol. The molecule has 0 radical (unpaired) electrons. The largest absolute Gasteiger partial charge is 0.390 e. The lowest BCUT2D eigenvalue weighted by Gasteiger charge is -2.38. The maximum atomic E-state index is 9.57. The van der Waals surface area contributed by atoms with E-state index in [-0.39, 0.29) is 0 Å². The fraction of sp³-hybridized carbons (Fsp3) is 1.00. The molecule has 0 aromatic rings. The molecule has 0 aromatic heterocycles. The molecule has 80 valence electrons. The summed E-state index contributed by atoms with van der Waals surface area (Å²) in [4.78, 5) is 2.58. The summed E-state index contributed by atoms with van der Waals surface area (Å²) in [6, 6.07) is -0.790. The van der Waals surface area contributed by atoms with Crippen LogP contribution in [0, 0.1) is 0 Å². The van der Waals surface area contributed by atoms with Crippen molar-refractivity contribution in [2.24, 2.45) is 5.11 Å². The first kappa shape index (κ1) is 11.2. The molecule has 7 nitrogen and oxygen atoms in total. The standard InChI is InChI=1S/C7H13N3O4/c1-3-4(9-10-8)5(11)6(12)7(13-2)14-3/h3-7,11-12H,1-2H3/t3-,4-,5+,6+,7?/m1/s1. The Balaban J connectivity index is 2.78. The van der Waals surface area contributed by atoms with Crippen LogP contribution in [-0.2, 0) is 9.47 Å². The van der Waals surface area contributed by atoms with Gasteiger partial charge in [0.25, 0.3) is 0 Å². The van der Waals surface area contributed by atoms with Gasteiger partial charge in [0.15, 0.2) is 6.29 Å². The Kier molecular flexibility index (Phi) is 3.68. The predicted molar refractivity (Wildman–Crippen MR) is 46.3 cm³/mol. The molecule has 1 rings (SSSR count). The monoisotopic (exact) mass is 203 g/mol.